The molecule has 0 spiro atoms. The van der Waals surface area contributed by atoms with Crippen molar-refractivity contribution >= 4 is 17.5 Å². The molecule has 0 heterocycles. The summed E-state index contributed by atoms with van der Waals surface area (Å²) in [4.78, 5) is 35.9. The van der Waals surface area contributed by atoms with Crippen molar-refractivity contribution in [2.45, 2.75) is 13.2 Å². The maximum atomic E-state index is 12.4. The molecular weight excluding hydrogens is 404 g/mol. The average Bonchev–Trinajstić information content (AvgIpc) is 2.72. The van der Waals surface area contributed by atoms with Crippen molar-refractivity contribution in [1.82, 2.24) is 10.2 Å². The first kappa shape index (κ1) is 22.5. The molecule has 0 atom stereocenters. The monoisotopic (exact) mass is 423 g/mol. The van der Waals surface area contributed by atoms with Crippen LogP contribution in [-0.4, -0.2) is 49.0 Å². The molecular formula is C19H19F2N3O6. The number of carbonyl (C=O) groups excluding carboxylic acids is 2. The molecule has 1 N–H and O–H groups in total. The summed E-state index contributed by atoms with van der Waals surface area (Å²) in [6.07, 6.45) is 0. The zero-order chi connectivity index (χ0) is 22.3. The molecule has 0 saturated carbocycles. The predicted octanol–water partition coefficient (Wildman–Crippen LogP) is 2.59. The fraction of sp³-hybridized carbons (Fsp3) is 0.263. The molecule has 0 aliphatic heterocycles. The zero-order valence-corrected chi connectivity index (χ0v) is 16.1. The van der Waals surface area contributed by atoms with E-state index in [0.29, 0.717) is 5.56 Å². The Morgan fingerprint density at radius 1 is 1.20 bits per heavy atom. The fourth-order valence-corrected chi connectivity index (χ4v) is 2.52. The lowest BCUT2D eigenvalue weighted by molar-refractivity contribution is -0.384. The first-order valence-corrected chi connectivity index (χ1v) is 8.59. The van der Waals surface area contributed by atoms with Crippen molar-refractivity contribution in [1.29, 1.82) is 0 Å². The van der Waals surface area contributed by atoms with E-state index in [2.05, 4.69) is 10.1 Å². The molecule has 30 heavy (non-hydrogen) atoms. The Hall–Kier alpha value is -3.76. The van der Waals surface area contributed by atoms with Crippen LogP contribution in [0.3, 0.4) is 0 Å². The number of non-ortho nitro benzene ring substituents is 1. The summed E-state index contributed by atoms with van der Waals surface area (Å²) >= 11 is 0. The molecule has 0 saturated heterocycles. The van der Waals surface area contributed by atoms with E-state index in [1.165, 1.54) is 55.5 Å². The van der Waals surface area contributed by atoms with Gasteiger partial charge < -0.3 is 19.7 Å². The number of halogens is 2. The average molecular weight is 423 g/mol. The number of nitro groups is 1. The van der Waals surface area contributed by atoms with E-state index in [4.69, 9.17) is 4.74 Å². The largest absolute Gasteiger partial charge is 0.493 e. The second kappa shape index (κ2) is 10.1. The van der Waals surface area contributed by atoms with Crippen LogP contribution in [0.2, 0.25) is 0 Å². The van der Waals surface area contributed by atoms with Gasteiger partial charge in [0.25, 0.3) is 11.6 Å². The molecule has 0 aliphatic rings. The number of hydrogen-bond donors (Lipinski definition) is 1. The Bertz CT molecular complexity index is 938. The summed E-state index contributed by atoms with van der Waals surface area (Å²) in [5.41, 5.74) is 0.410. The summed E-state index contributed by atoms with van der Waals surface area (Å²) < 4.78 is 34.1. The van der Waals surface area contributed by atoms with Crippen LogP contribution in [-0.2, 0) is 11.3 Å². The topological polar surface area (TPSA) is 111 Å². The Labute approximate surface area is 170 Å². The highest BCUT2D eigenvalue weighted by Crippen LogP contribution is 2.29. The third kappa shape index (κ3) is 6.12. The lowest BCUT2D eigenvalue weighted by Crippen LogP contribution is -2.37. The summed E-state index contributed by atoms with van der Waals surface area (Å²) in [6, 6.07) is 9.40. The van der Waals surface area contributed by atoms with Crippen LogP contribution < -0.4 is 14.8 Å². The highest BCUT2D eigenvalue weighted by molar-refractivity contribution is 5.96. The SMILES string of the molecule is COc1cc(CN(C)C(=O)CNC(=O)c2cccc([N+](=O)[O-])c2)ccc1OC(F)F. The summed E-state index contributed by atoms with van der Waals surface area (Å²) in [5.74, 6) is -1.10. The van der Waals surface area contributed by atoms with Crippen LogP contribution in [0.15, 0.2) is 42.5 Å². The van der Waals surface area contributed by atoms with E-state index in [1.54, 1.807) is 0 Å². The number of nitro benzene ring substituents is 1. The van der Waals surface area contributed by atoms with Gasteiger partial charge in [-0.25, -0.2) is 0 Å². The summed E-state index contributed by atoms with van der Waals surface area (Å²) in [5, 5.41) is 13.2. The predicted molar refractivity (Wildman–Crippen MR) is 102 cm³/mol. The number of alkyl halides is 2. The second-order valence-corrected chi connectivity index (χ2v) is 6.10. The van der Waals surface area contributed by atoms with Crippen molar-refractivity contribution in [2.24, 2.45) is 0 Å². The molecule has 0 aliphatic carbocycles. The van der Waals surface area contributed by atoms with Gasteiger partial charge in [-0.1, -0.05) is 12.1 Å². The van der Waals surface area contributed by atoms with Gasteiger partial charge in [-0.2, -0.15) is 8.78 Å². The number of likely N-dealkylation sites (N-methyl/N-ethyl adjacent to an activating group) is 1. The van der Waals surface area contributed by atoms with E-state index >= 15 is 0 Å². The van der Waals surface area contributed by atoms with Crippen molar-refractivity contribution < 1.29 is 32.8 Å². The normalized spacial score (nSPS) is 10.4. The van der Waals surface area contributed by atoms with Gasteiger partial charge >= 0.3 is 6.61 Å². The molecule has 0 fully saturated rings. The third-order valence-electron chi connectivity index (χ3n) is 4.01. The summed E-state index contributed by atoms with van der Waals surface area (Å²) in [7, 11) is 2.80. The number of nitrogens with one attached hydrogen (secondary N) is 1. The number of hydrogen-bond acceptors (Lipinski definition) is 6. The van der Waals surface area contributed by atoms with Crippen LogP contribution in [0.25, 0.3) is 0 Å². The molecule has 2 aromatic rings. The quantitative estimate of drug-likeness (QED) is 0.490. The molecule has 0 unspecified atom stereocenters. The third-order valence-corrected chi connectivity index (χ3v) is 4.01. The summed E-state index contributed by atoms with van der Waals surface area (Å²) in [6.45, 7) is -3.21. The van der Waals surface area contributed by atoms with Gasteiger partial charge in [-0.15, -0.1) is 0 Å². The number of rotatable bonds is 9. The first-order valence-electron chi connectivity index (χ1n) is 8.59. The lowest BCUT2D eigenvalue weighted by atomic mass is 10.2. The number of ether oxygens (including phenoxy) is 2. The van der Waals surface area contributed by atoms with E-state index in [9.17, 15) is 28.5 Å². The minimum atomic E-state index is -3.00. The van der Waals surface area contributed by atoms with Crippen LogP contribution >= 0.6 is 0 Å². The van der Waals surface area contributed by atoms with Gasteiger partial charge in [0.05, 0.1) is 18.6 Å². The Morgan fingerprint density at radius 2 is 1.93 bits per heavy atom. The molecule has 2 rings (SSSR count). The Balaban J connectivity index is 1.95. The highest BCUT2D eigenvalue weighted by atomic mass is 19.3. The van der Waals surface area contributed by atoms with Gasteiger partial charge in [0.15, 0.2) is 11.5 Å². The molecule has 0 aromatic heterocycles. The molecule has 2 amide bonds. The van der Waals surface area contributed by atoms with Gasteiger partial charge in [0, 0.05) is 31.3 Å². The van der Waals surface area contributed by atoms with E-state index in [0.717, 1.165) is 6.07 Å². The van der Waals surface area contributed by atoms with Gasteiger partial charge in [0.2, 0.25) is 5.91 Å². The van der Waals surface area contributed by atoms with Gasteiger partial charge in [0.1, 0.15) is 0 Å². The number of carbonyl (C=O) groups is 2. The van der Waals surface area contributed by atoms with E-state index in [-0.39, 0.29) is 35.8 Å². The van der Waals surface area contributed by atoms with Crippen molar-refractivity contribution in [2.75, 3.05) is 20.7 Å². The van der Waals surface area contributed by atoms with Crippen LogP contribution in [0, 0.1) is 10.1 Å². The molecule has 0 bridgehead atoms. The standard InChI is InChI=1S/C19H19F2N3O6/c1-23(11-12-6-7-15(30-19(20)21)16(8-12)29-2)17(25)10-22-18(26)13-4-3-5-14(9-13)24(27)28/h3-9,19H,10-11H2,1-2H3,(H,22,26). The van der Waals surface area contributed by atoms with Gasteiger partial charge in [-0.05, 0) is 23.8 Å². The number of nitrogens with zero attached hydrogens (tertiary/aromatic N) is 2. The van der Waals surface area contributed by atoms with E-state index < -0.39 is 23.3 Å². The molecule has 11 heteroatoms. The maximum Gasteiger partial charge on any atom is 0.387 e. The lowest BCUT2D eigenvalue weighted by Gasteiger charge is -2.19. The smallest absolute Gasteiger partial charge is 0.387 e. The second-order valence-electron chi connectivity index (χ2n) is 6.10. The number of benzene rings is 2. The molecule has 0 radical (unpaired) electrons. The van der Waals surface area contributed by atoms with Crippen LogP contribution in [0.4, 0.5) is 14.5 Å². The molecule has 2 aromatic carbocycles. The highest BCUT2D eigenvalue weighted by Gasteiger charge is 2.16. The zero-order valence-electron chi connectivity index (χ0n) is 16.1. The van der Waals surface area contributed by atoms with Crippen molar-refractivity contribution in [3.8, 4) is 11.5 Å². The molecule has 9 nitrogen and oxygen atoms in total. The van der Waals surface area contributed by atoms with Crippen molar-refractivity contribution in [3.05, 3.63) is 63.7 Å². The fourth-order valence-electron chi connectivity index (χ4n) is 2.52. The number of methoxy groups -OCH3 is 1. The minimum Gasteiger partial charge on any atom is -0.493 e. The van der Waals surface area contributed by atoms with Crippen molar-refractivity contribution in [3.63, 3.8) is 0 Å². The minimum absolute atomic E-state index is 0.0546. The van der Waals surface area contributed by atoms with Gasteiger partial charge in [-0.3, -0.25) is 19.7 Å². The van der Waals surface area contributed by atoms with Crippen LogP contribution in [0.1, 0.15) is 15.9 Å². The Morgan fingerprint density at radius 3 is 2.57 bits per heavy atom. The number of amides is 2. The van der Waals surface area contributed by atoms with E-state index in [1.807, 2.05) is 0 Å². The maximum absolute atomic E-state index is 12.4. The first-order chi connectivity index (χ1) is 14.2. The Kier molecular flexibility index (Phi) is 7.62. The molecule has 160 valence electrons. The van der Waals surface area contributed by atoms with Crippen LogP contribution in [0.5, 0.6) is 11.5 Å².